The molecule has 0 saturated carbocycles. The largest absolute Gasteiger partial charge is 0.446 e. The molecule has 7 heteroatoms. The molecule has 1 fully saturated rings. The second-order valence-corrected chi connectivity index (χ2v) is 6.60. The number of hydrogen-bond acceptors (Lipinski definition) is 5. The van der Waals surface area contributed by atoms with Gasteiger partial charge >= 0.3 is 0 Å². The van der Waals surface area contributed by atoms with Crippen molar-refractivity contribution >= 4 is 10.0 Å². The van der Waals surface area contributed by atoms with Gasteiger partial charge in [-0.15, -0.1) is 4.83 Å². The molecule has 2 unspecified atom stereocenters. The molecular weight excluding hydrogens is 268 g/mol. The number of sulfonamides is 1. The maximum absolute atomic E-state index is 12.2. The molecule has 6 nitrogen and oxygen atoms in total. The van der Waals surface area contributed by atoms with Gasteiger partial charge in [0.1, 0.15) is 12.4 Å². The Hall–Kier alpha value is -0.890. The number of piperidine rings is 1. The summed E-state index contributed by atoms with van der Waals surface area (Å²) in [6.45, 7) is 3.69. The standard InChI is InChI=1S/C12H20N2O4S/c1-9-4-3-5-10(2)14(9)13-19(16,17)12-7-6-11(8-15)18-12/h6-7,9-10,13,15H,3-5,8H2,1-2H3. The van der Waals surface area contributed by atoms with Crippen molar-refractivity contribution in [1.29, 1.82) is 0 Å². The van der Waals surface area contributed by atoms with Crippen molar-refractivity contribution in [2.24, 2.45) is 0 Å². The van der Waals surface area contributed by atoms with Gasteiger partial charge in [0.2, 0.25) is 5.09 Å². The summed E-state index contributed by atoms with van der Waals surface area (Å²) in [7, 11) is -3.72. The molecule has 1 aliphatic heterocycles. The third kappa shape index (κ3) is 3.17. The monoisotopic (exact) mass is 288 g/mol. The maximum Gasteiger partial charge on any atom is 0.286 e. The molecule has 1 aliphatic rings. The second kappa shape index (κ2) is 5.62. The fourth-order valence-corrected chi connectivity index (χ4v) is 3.56. The average Bonchev–Trinajstić information content (AvgIpc) is 2.83. The number of nitrogens with one attached hydrogen (secondary N) is 1. The van der Waals surface area contributed by atoms with E-state index in [0.717, 1.165) is 19.3 Å². The van der Waals surface area contributed by atoms with E-state index in [-0.39, 0.29) is 29.5 Å². The first-order chi connectivity index (χ1) is 8.94. The number of furan rings is 1. The zero-order valence-electron chi connectivity index (χ0n) is 11.2. The highest BCUT2D eigenvalue weighted by Gasteiger charge is 2.30. The van der Waals surface area contributed by atoms with Crippen LogP contribution in [0.4, 0.5) is 0 Å². The van der Waals surface area contributed by atoms with Gasteiger partial charge in [0.25, 0.3) is 10.0 Å². The lowest BCUT2D eigenvalue weighted by molar-refractivity contribution is 0.0782. The molecule has 0 spiro atoms. The van der Waals surface area contributed by atoms with E-state index in [1.54, 1.807) is 5.01 Å². The van der Waals surface area contributed by atoms with E-state index >= 15 is 0 Å². The minimum Gasteiger partial charge on any atom is -0.446 e. The topological polar surface area (TPSA) is 82.8 Å². The zero-order chi connectivity index (χ0) is 14.0. The summed E-state index contributed by atoms with van der Waals surface area (Å²) in [5.41, 5.74) is 0. The molecule has 1 aromatic rings. The van der Waals surface area contributed by atoms with Crippen LogP contribution in [0.15, 0.2) is 21.6 Å². The summed E-state index contributed by atoms with van der Waals surface area (Å²) in [6.07, 6.45) is 3.04. The number of aliphatic hydroxyl groups is 1. The van der Waals surface area contributed by atoms with E-state index < -0.39 is 10.0 Å². The van der Waals surface area contributed by atoms with Crippen LogP contribution in [0.2, 0.25) is 0 Å². The lowest BCUT2D eigenvalue weighted by Gasteiger charge is -2.38. The average molecular weight is 288 g/mol. The quantitative estimate of drug-likeness (QED) is 0.870. The Morgan fingerprint density at radius 3 is 2.53 bits per heavy atom. The maximum atomic E-state index is 12.2. The van der Waals surface area contributed by atoms with Gasteiger partial charge in [-0.2, -0.15) is 0 Å². The third-order valence-electron chi connectivity index (χ3n) is 3.48. The molecule has 2 rings (SSSR count). The molecular formula is C12H20N2O4S. The molecule has 0 radical (unpaired) electrons. The first-order valence-corrected chi connectivity index (χ1v) is 7.92. The molecule has 108 valence electrons. The van der Waals surface area contributed by atoms with Crippen molar-refractivity contribution in [3.63, 3.8) is 0 Å². The van der Waals surface area contributed by atoms with Gasteiger partial charge in [-0.05, 0) is 38.8 Å². The van der Waals surface area contributed by atoms with Gasteiger partial charge < -0.3 is 9.52 Å². The van der Waals surface area contributed by atoms with Crippen molar-refractivity contribution in [3.8, 4) is 0 Å². The van der Waals surface area contributed by atoms with Crippen LogP contribution in [0.3, 0.4) is 0 Å². The Kier molecular flexibility index (Phi) is 4.29. The first-order valence-electron chi connectivity index (χ1n) is 6.44. The Morgan fingerprint density at radius 2 is 2.00 bits per heavy atom. The van der Waals surface area contributed by atoms with Crippen LogP contribution in [0.5, 0.6) is 0 Å². The molecule has 1 aromatic heterocycles. The van der Waals surface area contributed by atoms with Crippen molar-refractivity contribution in [1.82, 2.24) is 9.84 Å². The summed E-state index contributed by atoms with van der Waals surface area (Å²) in [4.78, 5) is 2.58. The number of nitrogens with zero attached hydrogens (tertiary/aromatic N) is 1. The van der Waals surface area contributed by atoms with Crippen LogP contribution in [0.1, 0.15) is 38.9 Å². The van der Waals surface area contributed by atoms with Crippen LogP contribution in [0.25, 0.3) is 0 Å². The van der Waals surface area contributed by atoms with Crippen molar-refractivity contribution in [3.05, 3.63) is 17.9 Å². The SMILES string of the molecule is CC1CCCC(C)N1NS(=O)(=O)c1ccc(CO)o1. The summed E-state index contributed by atoms with van der Waals surface area (Å²) >= 11 is 0. The van der Waals surface area contributed by atoms with Crippen LogP contribution < -0.4 is 4.83 Å². The Morgan fingerprint density at radius 1 is 1.37 bits per heavy atom. The van der Waals surface area contributed by atoms with Gasteiger partial charge in [0, 0.05) is 12.1 Å². The summed E-state index contributed by atoms with van der Waals surface area (Å²) in [6, 6.07) is 3.13. The van der Waals surface area contributed by atoms with E-state index in [0.29, 0.717) is 0 Å². The molecule has 0 aromatic carbocycles. The van der Waals surface area contributed by atoms with E-state index in [1.165, 1.54) is 12.1 Å². The van der Waals surface area contributed by atoms with Crippen LogP contribution in [-0.4, -0.2) is 30.6 Å². The lowest BCUT2D eigenvalue weighted by Crippen LogP contribution is -2.53. The Bertz CT molecular complexity index is 516. The van der Waals surface area contributed by atoms with Gasteiger partial charge in [-0.1, -0.05) is 6.42 Å². The third-order valence-corrected chi connectivity index (χ3v) is 4.68. The van der Waals surface area contributed by atoms with Gasteiger partial charge in [-0.3, -0.25) is 0 Å². The highest BCUT2D eigenvalue weighted by Crippen LogP contribution is 2.22. The smallest absolute Gasteiger partial charge is 0.286 e. The second-order valence-electron chi connectivity index (χ2n) is 5.01. The van der Waals surface area contributed by atoms with E-state index in [9.17, 15) is 8.42 Å². The van der Waals surface area contributed by atoms with Crippen molar-refractivity contribution in [2.75, 3.05) is 0 Å². The number of hydrogen-bond donors (Lipinski definition) is 2. The Balaban J connectivity index is 2.16. The predicted molar refractivity (Wildman–Crippen MR) is 69.6 cm³/mol. The Labute approximate surface area is 113 Å². The highest BCUT2D eigenvalue weighted by atomic mass is 32.2. The van der Waals surface area contributed by atoms with Crippen molar-refractivity contribution < 1.29 is 17.9 Å². The first kappa shape index (κ1) is 14.5. The number of hydrazine groups is 1. The van der Waals surface area contributed by atoms with E-state index in [1.807, 2.05) is 13.8 Å². The number of aliphatic hydroxyl groups excluding tert-OH is 1. The molecule has 2 atom stereocenters. The van der Waals surface area contributed by atoms with E-state index in [2.05, 4.69) is 4.83 Å². The fraction of sp³-hybridized carbons (Fsp3) is 0.667. The molecule has 2 N–H and O–H groups in total. The molecule has 0 bridgehead atoms. The normalized spacial score (nSPS) is 25.6. The fourth-order valence-electron chi connectivity index (χ4n) is 2.37. The van der Waals surface area contributed by atoms with Gasteiger partial charge in [0.15, 0.2) is 0 Å². The minimum atomic E-state index is -3.72. The summed E-state index contributed by atoms with van der Waals surface area (Å²) in [5.74, 6) is 0.236. The predicted octanol–water partition coefficient (Wildman–Crippen LogP) is 1.23. The summed E-state index contributed by atoms with van der Waals surface area (Å²) in [5, 5.41) is 10.5. The summed E-state index contributed by atoms with van der Waals surface area (Å²) < 4.78 is 29.5. The minimum absolute atomic E-state index is 0.158. The van der Waals surface area contributed by atoms with Crippen molar-refractivity contribution in [2.45, 2.75) is 56.9 Å². The molecule has 19 heavy (non-hydrogen) atoms. The van der Waals surface area contributed by atoms with Crippen LogP contribution in [-0.2, 0) is 16.6 Å². The van der Waals surface area contributed by atoms with Crippen LogP contribution >= 0.6 is 0 Å². The highest BCUT2D eigenvalue weighted by molar-refractivity contribution is 7.89. The lowest BCUT2D eigenvalue weighted by atomic mass is 10.0. The van der Waals surface area contributed by atoms with Gasteiger partial charge in [0.05, 0.1) is 0 Å². The van der Waals surface area contributed by atoms with E-state index in [4.69, 9.17) is 9.52 Å². The number of rotatable bonds is 4. The molecule has 1 saturated heterocycles. The molecule has 0 aliphatic carbocycles. The molecule has 0 amide bonds. The van der Waals surface area contributed by atoms with Gasteiger partial charge in [-0.25, -0.2) is 13.4 Å². The molecule has 2 heterocycles. The van der Waals surface area contributed by atoms with Crippen LogP contribution in [0, 0.1) is 0 Å². The zero-order valence-corrected chi connectivity index (χ0v) is 12.0.